The van der Waals surface area contributed by atoms with Crippen molar-refractivity contribution < 1.29 is 19.1 Å². The van der Waals surface area contributed by atoms with Crippen molar-refractivity contribution in [3.63, 3.8) is 0 Å². The molecule has 3 aromatic rings. The van der Waals surface area contributed by atoms with Crippen molar-refractivity contribution in [3.05, 3.63) is 95.6 Å². The van der Waals surface area contributed by atoms with Crippen LogP contribution in [0, 0.1) is 0 Å². The fourth-order valence-electron chi connectivity index (χ4n) is 4.21. The van der Waals surface area contributed by atoms with Gasteiger partial charge in [0.05, 0.1) is 0 Å². The first-order valence-electron chi connectivity index (χ1n) is 12.1. The summed E-state index contributed by atoms with van der Waals surface area (Å²) in [6, 6.07) is 24.8. The standard InChI is InChI=1S/C29H32N2O4/c1-21(2)30-29(33)25(17-22-9-5-3-6-10-22)31(19-24-11-7-4-8-12-24)28(32)16-14-23-13-15-26-27(18-23)35-20-34-26/h3-13,15,18,21,25H,14,16-17,19-20H2,1-2H3,(H,30,33)/t25-/m0/s1. The predicted octanol–water partition coefficient (Wildman–Crippen LogP) is 4.51. The van der Waals surface area contributed by atoms with E-state index < -0.39 is 6.04 Å². The number of ether oxygens (including phenoxy) is 2. The van der Waals surface area contributed by atoms with Gasteiger partial charge < -0.3 is 19.7 Å². The highest BCUT2D eigenvalue weighted by molar-refractivity contribution is 5.88. The lowest BCUT2D eigenvalue weighted by Crippen LogP contribution is -2.51. The van der Waals surface area contributed by atoms with Gasteiger partial charge in [-0.05, 0) is 49.1 Å². The maximum absolute atomic E-state index is 13.7. The van der Waals surface area contributed by atoms with Crippen molar-refractivity contribution in [1.82, 2.24) is 10.2 Å². The quantitative estimate of drug-likeness (QED) is 0.471. The Morgan fingerprint density at radius 3 is 2.20 bits per heavy atom. The highest BCUT2D eigenvalue weighted by Gasteiger charge is 2.30. The van der Waals surface area contributed by atoms with Crippen molar-refractivity contribution >= 4 is 11.8 Å². The van der Waals surface area contributed by atoms with Crippen LogP contribution in [-0.4, -0.2) is 35.6 Å². The van der Waals surface area contributed by atoms with E-state index in [1.54, 1.807) is 4.90 Å². The van der Waals surface area contributed by atoms with Crippen molar-refractivity contribution in [1.29, 1.82) is 0 Å². The Morgan fingerprint density at radius 1 is 0.857 bits per heavy atom. The topological polar surface area (TPSA) is 67.9 Å². The number of rotatable bonds is 10. The molecule has 0 spiro atoms. The van der Waals surface area contributed by atoms with Gasteiger partial charge in [-0.15, -0.1) is 0 Å². The maximum Gasteiger partial charge on any atom is 0.243 e. The zero-order valence-electron chi connectivity index (χ0n) is 20.3. The van der Waals surface area contributed by atoms with E-state index in [2.05, 4.69) is 5.32 Å². The van der Waals surface area contributed by atoms with Gasteiger partial charge >= 0.3 is 0 Å². The third-order valence-electron chi connectivity index (χ3n) is 5.96. The van der Waals surface area contributed by atoms with Crippen molar-refractivity contribution in [3.8, 4) is 11.5 Å². The molecule has 4 rings (SSSR count). The molecule has 1 aliphatic rings. The smallest absolute Gasteiger partial charge is 0.243 e. The zero-order chi connectivity index (χ0) is 24.6. The molecular weight excluding hydrogens is 440 g/mol. The summed E-state index contributed by atoms with van der Waals surface area (Å²) >= 11 is 0. The van der Waals surface area contributed by atoms with Gasteiger partial charge in [0.25, 0.3) is 0 Å². The van der Waals surface area contributed by atoms with Crippen LogP contribution >= 0.6 is 0 Å². The van der Waals surface area contributed by atoms with Gasteiger partial charge in [-0.1, -0.05) is 66.7 Å². The molecule has 0 aromatic heterocycles. The van der Waals surface area contributed by atoms with Crippen LogP contribution in [0.4, 0.5) is 0 Å². The van der Waals surface area contributed by atoms with Gasteiger partial charge in [-0.25, -0.2) is 0 Å². The summed E-state index contributed by atoms with van der Waals surface area (Å²) < 4.78 is 10.9. The van der Waals surface area contributed by atoms with E-state index in [0.29, 0.717) is 25.1 Å². The van der Waals surface area contributed by atoms with E-state index >= 15 is 0 Å². The molecule has 3 aromatic carbocycles. The van der Waals surface area contributed by atoms with Crippen molar-refractivity contribution in [2.45, 2.75) is 51.7 Å². The Bertz CT molecular complexity index is 1130. The molecule has 1 aliphatic heterocycles. The number of hydrogen-bond donors (Lipinski definition) is 1. The monoisotopic (exact) mass is 472 g/mol. The fraction of sp³-hybridized carbons (Fsp3) is 0.310. The minimum atomic E-state index is -0.621. The first-order chi connectivity index (χ1) is 17.0. The van der Waals surface area contributed by atoms with E-state index in [9.17, 15) is 9.59 Å². The number of amides is 2. The van der Waals surface area contributed by atoms with E-state index in [-0.39, 0.29) is 31.1 Å². The maximum atomic E-state index is 13.7. The normalized spacial score (nSPS) is 12.9. The Balaban J connectivity index is 1.57. The summed E-state index contributed by atoms with van der Waals surface area (Å²) in [4.78, 5) is 28.8. The van der Waals surface area contributed by atoms with Crippen LogP contribution in [0.5, 0.6) is 11.5 Å². The Morgan fingerprint density at radius 2 is 1.51 bits per heavy atom. The average Bonchev–Trinajstić information content (AvgIpc) is 3.33. The molecule has 1 atom stereocenters. The summed E-state index contributed by atoms with van der Waals surface area (Å²) in [6.45, 7) is 4.44. The van der Waals surface area contributed by atoms with Crippen molar-refractivity contribution in [2.24, 2.45) is 0 Å². The first kappa shape index (κ1) is 24.3. The highest BCUT2D eigenvalue weighted by Crippen LogP contribution is 2.32. The molecule has 0 saturated carbocycles. The number of carbonyl (C=O) groups excluding carboxylic acids is 2. The lowest BCUT2D eigenvalue weighted by atomic mass is 10.0. The molecule has 6 nitrogen and oxygen atoms in total. The molecule has 2 amide bonds. The summed E-state index contributed by atoms with van der Waals surface area (Å²) in [7, 11) is 0. The number of benzene rings is 3. The summed E-state index contributed by atoms with van der Waals surface area (Å²) in [6.07, 6.45) is 1.28. The SMILES string of the molecule is CC(C)NC(=O)[C@H](Cc1ccccc1)N(Cc1ccccc1)C(=O)CCc1ccc2c(c1)OCO2. The Labute approximate surface area is 206 Å². The van der Waals surface area contributed by atoms with Crippen LogP contribution in [0.2, 0.25) is 0 Å². The highest BCUT2D eigenvalue weighted by atomic mass is 16.7. The number of hydrogen-bond acceptors (Lipinski definition) is 4. The van der Waals surface area contributed by atoms with Crippen LogP contribution < -0.4 is 14.8 Å². The second-order valence-electron chi connectivity index (χ2n) is 9.06. The molecule has 1 N–H and O–H groups in total. The second-order valence-corrected chi connectivity index (χ2v) is 9.06. The molecule has 6 heteroatoms. The molecule has 0 unspecified atom stereocenters. The molecule has 35 heavy (non-hydrogen) atoms. The van der Waals surface area contributed by atoms with E-state index in [0.717, 1.165) is 22.4 Å². The van der Waals surface area contributed by atoms with E-state index in [1.807, 2.05) is 92.7 Å². The average molecular weight is 473 g/mol. The van der Waals surface area contributed by atoms with E-state index in [1.165, 1.54) is 0 Å². The molecule has 0 saturated heterocycles. The second kappa shape index (κ2) is 11.6. The number of nitrogens with zero attached hydrogens (tertiary/aromatic N) is 1. The van der Waals surface area contributed by atoms with Gasteiger partial charge in [-0.3, -0.25) is 9.59 Å². The number of aryl methyl sites for hydroxylation is 1. The van der Waals surface area contributed by atoms with Crippen LogP contribution in [0.15, 0.2) is 78.9 Å². The van der Waals surface area contributed by atoms with Gasteiger partial charge in [-0.2, -0.15) is 0 Å². The number of carbonyl (C=O) groups is 2. The fourth-order valence-corrected chi connectivity index (χ4v) is 4.21. The van der Waals surface area contributed by atoms with Crippen LogP contribution in [-0.2, 0) is 29.0 Å². The van der Waals surface area contributed by atoms with Gasteiger partial charge in [0.15, 0.2) is 11.5 Å². The van der Waals surface area contributed by atoms with Gasteiger partial charge in [0, 0.05) is 25.4 Å². The molecule has 0 bridgehead atoms. The summed E-state index contributed by atoms with van der Waals surface area (Å²) in [5, 5.41) is 3.02. The lowest BCUT2D eigenvalue weighted by molar-refractivity contribution is -0.141. The minimum Gasteiger partial charge on any atom is -0.454 e. The van der Waals surface area contributed by atoms with Crippen LogP contribution in [0.3, 0.4) is 0 Å². The minimum absolute atomic E-state index is 0.0249. The third kappa shape index (κ3) is 6.63. The Kier molecular flexibility index (Phi) is 8.03. The number of nitrogens with one attached hydrogen (secondary N) is 1. The van der Waals surface area contributed by atoms with Gasteiger partial charge in [0.2, 0.25) is 18.6 Å². The molecule has 0 radical (unpaired) electrons. The molecule has 1 heterocycles. The molecule has 0 fully saturated rings. The lowest BCUT2D eigenvalue weighted by Gasteiger charge is -2.32. The van der Waals surface area contributed by atoms with Crippen LogP contribution in [0.1, 0.15) is 37.0 Å². The summed E-state index contributed by atoms with van der Waals surface area (Å²) in [5.74, 6) is 1.22. The summed E-state index contributed by atoms with van der Waals surface area (Å²) in [5.41, 5.74) is 2.99. The zero-order valence-corrected chi connectivity index (χ0v) is 20.3. The Hall–Kier alpha value is -3.80. The van der Waals surface area contributed by atoms with Crippen molar-refractivity contribution in [2.75, 3.05) is 6.79 Å². The van der Waals surface area contributed by atoms with Crippen LogP contribution in [0.25, 0.3) is 0 Å². The van der Waals surface area contributed by atoms with E-state index in [4.69, 9.17) is 9.47 Å². The first-order valence-corrected chi connectivity index (χ1v) is 12.1. The molecule has 182 valence electrons. The molecular formula is C29H32N2O4. The number of fused-ring (bicyclic) bond motifs is 1. The van der Waals surface area contributed by atoms with Gasteiger partial charge in [0.1, 0.15) is 6.04 Å². The third-order valence-corrected chi connectivity index (χ3v) is 5.96. The predicted molar refractivity (Wildman–Crippen MR) is 135 cm³/mol. The molecule has 0 aliphatic carbocycles. The largest absolute Gasteiger partial charge is 0.454 e.